The van der Waals surface area contributed by atoms with E-state index in [1.165, 1.54) is 30.3 Å². The van der Waals surface area contributed by atoms with Gasteiger partial charge < -0.3 is 18.9 Å². The number of pyridine rings is 1. The SMILES string of the molecule is Cc1cc(OC2CN(C(=O)c3cccc(Oc4ccc(F)cc4)c3)C2)cc(=O)n1C. The number of benzene rings is 2. The zero-order valence-corrected chi connectivity index (χ0v) is 16.7. The second-order valence-corrected chi connectivity index (χ2v) is 7.26. The van der Waals surface area contributed by atoms with Gasteiger partial charge in [0.15, 0.2) is 0 Å². The topological polar surface area (TPSA) is 60.8 Å². The molecule has 0 spiro atoms. The molecule has 3 aromatic rings. The first-order chi connectivity index (χ1) is 14.4. The number of halogens is 1. The van der Waals surface area contributed by atoms with E-state index in [-0.39, 0.29) is 23.4 Å². The Morgan fingerprint density at radius 3 is 2.43 bits per heavy atom. The molecule has 1 amide bonds. The number of hydrogen-bond donors (Lipinski definition) is 0. The molecule has 0 bridgehead atoms. The molecule has 0 radical (unpaired) electrons. The Bertz CT molecular complexity index is 1130. The largest absolute Gasteiger partial charge is 0.486 e. The highest BCUT2D eigenvalue weighted by molar-refractivity contribution is 5.95. The first kappa shape index (κ1) is 19.7. The molecule has 154 valence electrons. The van der Waals surface area contributed by atoms with Crippen molar-refractivity contribution in [2.45, 2.75) is 13.0 Å². The van der Waals surface area contributed by atoms with Gasteiger partial charge in [0, 0.05) is 24.4 Å². The van der Waals surface area contributed by atoms with Gasteiger partial charge in [-0.3, -0.25) is 9.59 Å². The molecule has 0 unspecified atom stereocenters. The quantitative estimate of drug-likeness (QED) is 0.648. The number of hydrogen-bond acceptors (Lipinski definition) is 4. The number of likely N-dealkylation sites (tertiary alicyclic amines) is 1. The third-order valence-electron chi connectivity index (χ3n) is 5.04. The minimum Gasteiger partial charge on any atom is -0.486 e. The van der Waals surface area contributed by atoms with Gasteiger partial charge in [0.05, 0.1) is 13.1 Å². The van der Waals surface area contributed by atoms with Gasteiger partial charge in [-0.05, 0) is 55.5 Å². The molecule has 4 rings (SSSR count). The summed E-state index contributed by atoms with van der Waals surface area (Å²) in [4.78, 5) is 26.3. The van der Waals surface area contributed by atoms with Crippen molar-refractivity contribution in [3.05, 3.63) is 88.1 Å². The van der Waals surface area contributed by atoms with E-state index in [4.69, 9.17) is 9.47 Å². The third-order valence-corrected chi connectivity index (χ3v) is 5.04. The Kier molecular flexibility index (Phi) is 5.27. The van der Waals surface area contributed by atoms with Crippen molar-refractivity contribution in [3.8, 4) is 17.2 Å². The van der Waals surface area contributed by atoms with Crippen LogP contribution in [0.15, 0.2) is 65.5 Å². The van der Waals surface area contributed by atoms with E-state index in [1.807, 2.05) is 13.0 Å². The summed E-state index contributed by atoms with van der Waals surface area (Å²) < 4.78 is 26.1. The molecule has 1 fully saturated rings. The average molecular weight is 408 g/mol. The second-order valence-electron chi connectivity index (χ2n) is 7.26. The Hall–Kier alpha value is -3.61. The monoisotopic (exact) mass is 408 g/mol. The van der Waals surface area contributed by atoms with Gasteiger partial charge in [-0.25, -0.2) is 4.39 Å². The fourth-order valence-electron chi connectivity index (χ4n) is 3.19. The molecule has 7 heteroatoms. The molecular weight excluding hydrogens is 387 g/mol. The van der Waals surface area contributed by atoms with Crippen molar-refractivity contribution in [1.82, 2.24) is 9.47 Å². The summed E-state index contributed by atoms with van der Waals surface area (Å²) in [6.45, 7) is 2.72. The fraction of sp³-hybridized carbons (Fsp3) is 0.217. The highest BCUT2D eigenvalue weighted by Gasteiger charge is 2.33. The van der Waals surface area contributed by atoms with Crippen molar-refractivity contribution >= 4 is 5.91 Å². The summed E-state index contributed by atoms with van der Waals surface area (Å²) in [6, 6.07) is 15.8. The van der Waals surface area contributed by atoms with E-state index < -0.39 is 0 Å². The highest BCUT2D eigenvalue weighted by atomic mass is 19.1. The Morgan fingerprint density at radius 1 is 1.00 bits per heavy atom. The molecule has 0 N–H and O–H groups in total. The standard InChI is InChI=1S/C23H21FN2O4/c1-15-10-20(12-22(27)25(15)2)30-21-13-26(14-21)23(28)16-4-3-5-19(11-16)29-18-8-6-17(24)7-9-18/h3-12,21H,13-14H2,1-2H3. The number of carbonyl (C=O) groups is 1. The van der Waals surface area contributed by atoms with Gasteiger partial charge in [-0.2, -0.15) is 0 Å². The van der Waals surface area contributed by atoms with Gasteiger partial charge in [0.2, 0.25) is 0 Å². The normalized spacial score (nSPS) is 13.6. The first-order valence-electron chi connectivity index (χ1n) is 9.56. The molecule has 0 aliphatic carbocycles. The number of aromatic nitrogens is 1. The van der Waals surface area contributed by atoms with Crippen molar-refractivity contribution in [1.29, 1.82) is 0 Å². The summed E-state index contributed by atoms with van der Waals surface area (Å²) in [5.74, 6) is 1.04. The zero-order chi connectivity index (χ0) is 21.3. The van der Waals surface area contributed by atoms with Gasteiger partial charge >= 0.3 is 0 Å². The molecule has 2 aromatic carbocycles. The van der Waals surface area contributed by atoms with Crippen LogP contribution in [0.2, 0.25) is 0 Å². The first-order valence-corrected chi connectivity index (χ1v) is 9.56. The summed E-state index contributed by atoms with van der Waals surface area (Å²) in [6.07, 6.45) is -0.154. The second kappa shape index (κ2) is 8.02. The zero-order valence-electron chi connectivity index (χ0n) is 16.7. The molecular formula is C23H21FN2O4. The van der Waals surface area contributed by atoms with Crippen molar-refractivity contribution in [3.63, 3.8) is 0 Å². The van der Waals surface area contributed by atoms with Crippen molar-refractivity contribution in [2.24, 2.45) is 7.05 Å². The predicted molar refractivity (Wildman–Crippen MR) is 110 cm³/mol. The predicted octanol–water partition coefficient (Wildman–Crippen LogP) is 3.53. The minimum absolute atomic E-state index is 0.125. The lowest BCUT2D eigenvalue weighted by atomic mass is 10.1. The van der Waals surface area contributed by atoms with E-state index in [2.05, 4.69) is 0 Å². The highest BCUT2D eigenvalue weighted by Crippen LogP contribution is 2.25. The van der Waals surface area contributed by atoms with Crippen molar-refractivity contribution < 1.29 is 18.7 Å². The van der Waals surface area contributed by atoms with Crippen LogP contribution in [0.1, 0.15) is 16.1 Å². The molecule has 2 heterocycles. The van der Waals surface area contributed by atoms with E-state index in [0.717, 1.165) is 5.69 Å². The van der Waals surface area contributed by atoms with Gasteiger partial charge in [-0.1, -0.05) is 6.07 Å². The van der Waals surface area contributed by atoms with E-state index in [0.29, 0.717) is 35.9 Å². The van der Waals surface area contributed by atoms with Crippen LogP contribution in [-0.4, -0.2) is 34.6 Å². The van der Waals surface area contributed by atoms with Crippen LogP contribution in [0.5, 0.6) is 17.2 Å². The van der Waals surface area contributed by atoms with E-state index in [1.54, 1.807) is 40.8 Å². The van der Waals surface area contributed by atoms with Crippen LogP contribution in [0.25, 0.3) is 0 Å². The fourth-order valence-corrected chi connectivity index (χ4v) is 3.19. The van der Waals surface area contributed by atoms with E-state index in [9.17, 15) is 14.0 Å². The summed E-state index contributed by atoms with van der Waals surface area (Å²) >= 11 is 0. The minimum atomic E-state index is -0.341. The van der Waals surface area contributed by atoms with Gasteiger partial charge in [0.25, 0.3) is 11.5 Å². The van der Waals surface area contributed by atoms with Gasteiger partial charge in [0.1, 0.15) is 29.2 Å². The maximum atomic E-state index is 13.0. The molecule has 1 aliphatic heterocycles. The third kappa shape index (κ3) is 4.20. The van der Waals surface area contributed by atoms with Crippen LogP contribution in [0, 0.1) is 12.7 Å². The summed E-state index contributed by atoms with van der Waals surface area (Å²) in [5, 5.41) is 0. The van der Waals surface area contributed by atoms with Gasteiger partial charge in [-0.15, -0.1) is 0 Å². The number of carbonyl (C=O) groups excluding carboxylic acids is 1. The van der Waals surface area contributed by atoms with Crippen LogP contribution in [-0.2, 0) is 7.05 Å². The average Bonchev–Trinajstić information content (AvgIpc) is 2.70. The lowest BCUT2D eigenvalue weighted by molar-refractivity contribution is 0.0176. The summed E-state index contributed by atoms with van der Waals surface area (Å²) in [7, 11) is 1.71. The lowest BCUT2D eigenvalue weighted by Crippen LogP contribution is -2.56. The van der Waals surface area contributed by atoms with E-state index >= 15 is 0 Å². The molecule has 0 atom stereocenters. The maximum Gasteiger partial charge on any atom is 0.254 e. The number of rotatable bonds is 5. The van der Waals surface area contributed by atoms with Crippen LogP contribution in [0.3, 0.4) is 0 Å². The number of ether oxygens (including phenoxy) is 2. The molecule has 1 saturated heterocycles. The molecule has 1 aliphatic rings. The molecule has 1 aromatic heterocycles. The maximum absolute atomic E-state index is 13.0. The van der Waals surface area contributed by atoms with Crippen molar-refractivity contribution in [2.75, 3.05) is 13.1 Å². The summed E-state index contributed by atoms with van der Waals surface area (Å²) in [5.41, 5.74) is 1.18. The number of nitrogens with zero attached hydrogens (tertiary/aromatic N) is 2. The Labute approximate surface area is 173 Å². The van der Waals surface area contributed by atoms with Crippen LogP contribution >= 0.6 is 0 Å². The Balaban J connectivity index is 1.37. The number of aryl methyl sites for hydroxylation is 1. The molecule has 6 nitrogen and oxygen atoms in total. The van der Waals surface area contributed by atoms with Crippen LogP contribution < -0.4 is 15.0 Å². The lowest BCUT2D eigenvalue weighted by Gasteiger charge is -2.39. The number of amides is 1. The molecule has 0 saturated carbocycles. The smallest absolute Gasteiger partial charge is 0.254 e. The Morgan fingerprint density at radius 2 is 1.73 bits per heavy atom. The molecule has 30 heavy (non-hydrogen) atoms. The van der Waals surface area contributed by atoms with Crippen LogP contribution in [0.4, 0.5) is 4.39 Å².